The average Bonchev–Trinajstić information content (AvgIpc) is 2.31. The second kappa shape index (κ2) is 4.95. The number of sulfone groups is 1. The van der Waals surface area contributed by atoms with Crippen molar-refractivity contribution < 1.29 is 13.2 Å². The molecular formula is C11H15NO3S. The smallest absolute Gasteiger partial charge is 0.179 e. The Bertz CT molecular complexity index is 424. The van der Waals surface area contributed by atoms with Gasteiger partial charge in [0.05, 0.1) is 23.9 Å². The second-order valence-electron chi connectivity index (χ2n) is 3.82. The molecule has 1 heterocycles. The molecule has 2 rings (SSSR count). The van der Waals surface area contributed by atoms with E-state index < -0.39 is 9.84 Å². The molecule has 1 N–H and O–H groups in total. The van der Waals surface area contributed by atoms with Gasteiger partial charge in [0.2, 0.25) is 0 Å². The topological polar surface area (TPSA) is 55.4 Å². The highest BCUT2D eigenvalue weighted by Crippen LogP contribution is 2.12. The minimum Gasteiger partial charge on any atom is -0.378 e. The number of benzene rings is 1. The predicted octanol–water partition coefficient (Wildman–Crippen LogP) is 0.449. The normalized spacial score (nSPS) is 21.9. The predicted molar refractivity (Wildman–Crippen MR) is 61.1 cm³/mol. The van der Waals surface area contributed by atoms with E-state index in [0.717, 1.165) is 6.54 Å². The van der Waals surface area contributed by atoms with Crippen LogP contribution in [-0.4, -0.2) is 40.0 Å². The van der Waals surface area contributed by atoms with Crippen molar-refractivity contribution in [1.82, 2.24) is 5.32 Å². The summed E-state index contributed by atoms with van der Waals surface area (Å²) in [6.45, 7) is 1.84. The molecule has 1 saturated heterocycles. The first-order valence-electron chi connectivity index (χ1n) is 5.27. The van der Waals surface area contributed by atoms with Crippen LogP contribution < -0.4 is 5.32 Å². The molecule has 0 radical (unpaired) electrons. The molecule has 1 aromatic carbocycles. The molecule has 5 heteroatoms. The molecular weight excluding hydrogens is 226 g/mol. The summed E-state index contributed by atoms with van der Waals surface area (Å²) < 4.78 is 29.2. The standard InChI is InChI=1S/C11H15NO3S/c13-16(14,11-4-2-1-3-5-11)9-10-8-15-7-6-12-10/h1-5,10,12H,6-9H2. The Hall–Kier alpha value is -0.910. The number of nitrogens with one attached hydrogen (secondary N) is 1. The van der Waals surface area contributed by atoms with Gasteiger partial charge in [0.25, 0.3) is 0 Å². The SMILES string of the molecule is O=S(=O)(CC1COCCN1)c1ccccc1. The lowest BCUT2D eigenvalue weighted by molar-refractivity contribution is 0.0832. The van der Waals surface area contributed by atoms with Gasteiger partial charge in [0, 0.05) is 12.6 Å². The van der Waals surface area contributed by atoms with Crippen LogP contribution in [0.15, 0.2) is 35.2 Å². The first-order chi connectivity index (χ1) is 7.68. The van der Waals surface area contributed by atoms with Gasteiger partial charge in [0.15, 0.2) is 9.84 Å². The Morgan fingerprint density at radius 3 is 2.69 bits per heavy atom. The van der Waals surface area contributed by atoms with Crippen molar-refractivity contribution >= 4 is 9.84 Å². The van der Waals surface area contributed by atoms with Gasteiger partial charge in [0.1, 0.15) is 0 Å². The van der Waals surface area contributed by atoms with Crippen molar-refractivity contribution in [2.24, 2.45) is 0 Å². The average molecular weight is 241 g/mol. The fraction of sp³-hybridized carbons (Fsp3) is 0.455. The summed E-state index contributed by atoms with van der Waals surface area (Å²) in [5, 5.41) is 3.14. The molecule has 0 amide bonds. The molecule has 1 aliphatic rings. The number of hydrogen-bond donors (Lipinski definition) is 1. The van der Waals surface area contributed by atoms with Crippen molar-refractivity contribution in [3.63, 3.8) is 0 Å². The maximum Gasteiger partial charge on any atom is 0.179 e. The third kappa shape index (κ3) is 2.81. The van der Waals surface area contributed by atoms with Gasteiger partial charge in [-0.15, -0.1) is 0 Å². The molecule has 0 aromatic heterocycles. The number of ether oxygens (including phenoxy) is 1. The molecule has 1 atom stereocenters. The third-order valence-electron chi connectivity index (χ3n) is 2.52. The Labute approximate surface area is 95.5 Å². The van der Waals surface area contributed by atoms with Crippen LogP contribution in [0, 0.1) is 0 Å². The van der Waals surface area contributed by atoms with Crippen LogP contribution in [0.3, 0.4) is 0 Å². The van der Waals surface area contributed by atoms with E-state index in [-0.39, 0.29) is 11.8 Å². The molecule has 1 aromatic rings. The van der Waals surface area contributed by atoms with E-state index in [1.165, 1.54) is 0 Å². The molecule has 1 fully saturated rings. The van der Waals surface area contributed by atoms with E-state index >= 15 is 0 Å². The van der Waals surface area contributed by atoms with Crippen molar-refractivity contribution in [2.45, 2.75) is 10.9 Å². The summed E-state index contributed by atoms with van der Waals surface area (Å²) in [4.78, 5) is 0.377. The molecule has 1 aliphatic heterocycles. The zero-order valence-corrected chi connectivity index (χ0v) is 9.74. The fourth-order valence-electron chi connectivity index (χ4n) is 1.72. The van der Waals surface area contributed by atoms with Crippen molar-refractivity contribution in [1.29, 1.82) is 0 Å². The van der Waals surface area contributed by atoms with E-state index in [4.69, 9.17) is 4.74 Å². The lowest BCUT2D eigenvalue weighted by Crippen LogP contribution is -2.45. The first kappa shape index (κ1) is 11.6. The minimum absolute atomic E-state index is 0.0943. The van der Waals surface area contributed by atoms with Gasteiger partial charge in [-0.05, 0) is 12.1 Å². The second-order valence-corrected chi connectivity index (χ2v) is 5.85. The van der Waals surface area contributed by atoms with Gasteiger partial charge in [-0.25, -0.2) is 8.42 Å². The zero-order valence-electron chi connectivity index (χ0n) is 8.93. The van der Waals surface area contributed by atoms with Crippen LogP contribution >= 0.6 is 0 Å². The summed E-state index contributed by atoms with van der Waals surface area (Å²) in [7, 11) is -3.20. The monoisotopic (exact) mass is 241 g/mol. The van der Waals surface area contributed by atoms with Crippen molar-refractivity contribution in [3.8, 4) is 0 Å². The molecule has 0 spiro atoms. The van der Waals surface area contributed by atoms with Crippen molar-refractivity contribution in [2.75, 3.05) is 25.5 Å². The highest BCUT2D eigenvalue weighted by atomic mass is 32.2. The Morgan fingerprint density at radius 1 is 1.31 bits per heavy atom. The van der Waals surface area contributed by atoms with Crippen LogP contribution in [0.4, 0.5) is 0 Å². The van der Waals surface area contributed by atoms with Crippen molar-refractivity contribution in [3.05, 3.63) is 30.3 Å². The third-order valence-corrected chi connectivity index (χ3v) is 4.35. The maximum atomic E-state index is 12.0. The van der Waals surface area contributed by atoms with Gasteiger partial charge in [-0.3, -0.25) is 0 Å². The van der Waals surface area contributed by atoms with E-state index in [0.29, 0.717) is 18.1 Å². The molecule has 16 heavy (non-hydrogen) atoms. The van der Waals surface area contributed by atoms with Gasteiger partial charge < -0.3 is 10.1 Å². The van der Waals surface area contributed by atoms with E-state index in [9.17, 15) is 8.42 Å². The summed E-state index contributed by atoms with van der Waals surface area (Å²) in [5.74, 6) is 0.0943. The van der Waals surface area contributed by atoms with Crippen LogP contribution in [0.1, 0.15) is 0 Å². The summed E-state index contributed by atoms with van der Waals surface area (Å²) in [6.07, 6.45) is 0. The lowest BCUT2D eigenvalue weighted by atomic mass is 10.3. The molecule has 0 saturated carbocycles. The number of rotatable bonds is 3. The maximum absolute atomic E-state index is 12.0. The minimum atomic E-state index is -3.20. The fourth-order valence-corrected chi connectivity index (χ4v) is 3.22. The van der Waals surface area contributed by atoms with Gasteiger partial charge in [-0.2, -0.15) is 0 Å². The molecule has 0 bridgehead atoms. The molecule has 88 valence electrons. The van der Waals surface area contributed by atoms with Crippen LogP contribution in [0.5, 0.6) is 0 Å². The highest BCUT2D eigenvalue weighted by molar-refractivity contribution is 7.91. The molecule has 4 nitrogen and oxygen atoms in total. The quantitative estimate of drug-likeness (QED) is 0.834. The zero-order chi connectivity index (χ0) is 11.4. The van der Waals surface area contributed by atoms with Gasteiger partial charge in [-0.1, -0.05) is 18.2 Å². The first-order valence-corrected chi connectivity index (χ1v) is 6.93. The van der Waals surface area contributed by atoms with E-state index in [1.54, 1.807) is 30.3 Å². The van der Waals surface area contributed by atoms with Crippen LogP contribution in [-0.2, 0) is 14.6 Å². The number of hydrogen-bond acceptors (Lipinski definition) is 4. The highest BCUT2D eigenvalue weighted by Gasteiger charge is 2.22. The number of morpholine rings is 1. The van der Waals surface area contributed by atoms with E-state index in [1.807, 2.05) is 0 Å². The van der Waals surface area contributed by atoms with Crippen LogP contribution in [0.2, 0.25) is 0 Å². The molecule has 0 aliphatic carbocycles. The summed E-state index contributed by atoms with van der Waals surface area (Å²) in [6, 6.07) is 8.42. The molecule has 1 unspecified atom stereocenters. The Balaban J connectivity index is 2.08. The van der Waals surface area contributed by atoms with Crippen LogP contribution in [0.25, 0.3) is 0 Å². The summed E-state index contributed by atoms with van der Waals surface area (Å²) in [5.41, 5.74) is 0. The van der Waals surface area contributed by atoms with Gasteiger partial charge >= 0.3 is 0 Å². The largest absolute Gasteiger partial charge is 0.378 e. The Kier molecular flexibility index (Phi) is 3.58. The Morgan fingerprint density at radius 2 is 2.06 bits per heavy atom. The van der Waals surface area contributed by atoms with E-state index in [2.05, 4.69) is 5.32 Å². The lowest BCUT2D eigenvalue weighted by Gasteiger charge is -2.23. The summed E-state index contributed by atoms with van der Waals surface area (Å²) >= 11 is 0.